The van der Waals surface area contributed by atoms with E-state index in [-0.39, 0.29) is 17.3 Å². The van der Waals surface area contributed by atoms with E-state index in [4.69, 9.17) is 21.7 Å². The summed E-state index contributed by atoms with van der Waals surface area (Å²) in [6, 6.07) is 5.45. The molecule has 0 spiro atoms. The van der Waals surface area contributed by atoms with Crippen molar-refractivity contribution in [1.29, 1.82) is 0 Å². The van der Waals surface area contributed by atoms with Crippen LogP contribution in [0.1, 0.15) is 57.4 Å². The molecule has 5 fully saturated rings. The molecular weight excluding hydrogens is 442 g/mol. The highest BCUT2D eigenvalue weighted by Gasteiger charge is 2.55. The summed E-state index contributed by atoms with van der Waals surface area (Å²) in [4.78, 5) is 28.2. The molecule has 170 valence electrons. The van der Waals surface area contributed by atoms with Crippen LogP contribution in [0.15, 0.2) is 23.1 Å². The van der Waals surface area contributed by atoms with E-state index in [1.807, 2.05) is 25.1 Å². The first-order valence-corrected chi connectivity index (χ1v) is 12.8. The maximum atomic E-state index is 13.3. The number of thiocarbonyl (C=S) groups is 1. The molecule has 0 atom stereocenters. The van der Waals surface area contributed by atoms with Crippen molar-refractivity contribution in [2.75, 3.05) is 13.7 Å². The molecule has 0 unspecified atom stereocenters. The number of methoxy groups -OCH3 is 1. The third-order valence-electron chi connectivity index (χ3n) is 7.48. The second-order valence-corrected chi connectivity index (χ2v) is 11.5. The first kappa shape index (κ1) is 22.0. The van der Waals surface area contributed by atoms with E-state index in [1.165, 1.54) is 31.0 Å². The van der Waals surface area contributed by atoms with E-state index in [2.05, 4.69) is 0 Å². The summed E-state index contributed by atoms with van der Waals surface area (Å²) in [6.45, 7) is 2.65. The van der Waals surface area contributed by atoms with Gasteiger partial charge in [0.1, 0.15) is 4.32 Å². The maximum absolute atomic E-state index is 13.3. The third-order valence-corrected chi connectivity index (χ3v) is 8.86. The van der Waals surface area contributed by atoms with Gasteiger partial charge in [0.15, 0.2) is 11.5 Å². The van der Waals surface area contributed by atoms with Gasteiger partial charge in [-0.3, -0.25) is 14.5 Å². The average Bonchev–Trinajstić information content (AvgIpc) is 3.01. The van der Waals surface area contributed by atoms with E-state index < -0.39 is 0 Å². The largest absolute Gasteiger partial charge is 0.493 e. The smallest absolute Gasteiger partial charge is 0.317 e. The minimum atomic E-state index is -0.314. The van der Waals surface area contributed by atoms with Crippen molar-refractivity contribution in [1.82, 2.24) is 4.90 Å². The number of hydrogen-bond acceptors (Lipinski definition) is 6. The third kappa shape index (κ3) is 3.87. The van der Waals surface area contributed by atoms with Crippen molar-refractivity contribution in [2.45, 2.75) is 51.9 Å². The molecule has 0 radical (unpaired) electrons. The summed E-state index contributed by atoms with van der Waals surface area (Å²) in [5.74, 6) is 2.85. The van der Waals surface area contributed by atoms with Crippen LogP contribution in [-0.2, 0) is 9.59 Å². The fourth-order valence-electron chi connectivity index (χ4n) is 6.49. The second kappa shape index (κ2) is 8.49. The van der Waals surface area contributed by atoms with Gasteiger partial charge in [0.05, 0.1) is 17.4 Å². The molecule has 5 nitrogen and oxygen atoms in total. The zero-order valence-electron chi connectivity index (χ0n) is 18.6. The van der Waals surface area contributed by atoms with E-state index in [0.29, 0.717) is 45.0 Å². The zero-order chi connectivity index (χ0) is 22.5. The van der Waals surface area contributed by atoms with Crippen LogP contribution < -0.4 is 9.47 Å². The van der Waals surface area contributed by atoms with Gasteiger partial charge in [-0.25, -0.2) is 0 Å². The molecule has 1 aliphatic heterocycles. The number of ether oxygens (including phenoxy) is 2. The maximum Gasteiger partial charge on any atom is 0.317 e. The fourth-order valence-corrected chi connectivity index (χ4v) is 7.80. The lowest BCUT2D eigenvalue weighted by Gasteiger charge is -2.55. The minimum absolute atomic E-state index is 0.0573. The normalized spacial score (nSPS) is 32.1. The van der Waals surface area contributed by atoms with Gasteiger partial charge in [0, 0.05) is 6.54 Å². The number of rotatable bonds is 6. The lowest BCUT2D eigenvalue weighted by molar-refractivity contribution is -0.161. The van der Waals surface area contributed by atoms with Gasteiger partial charge in [-0.15, -0.1) is 0 Å². The lowest BCUT2D eigenvalue weighted by atomic mass is 9.49. The Balaban J connectivity index is 1.34. The molecule has 0 N–H and O–H groups in total. The quantitative estimate of drug-likeness (QED) is 0.239. The zero-order valence-corrected chi connectivity index (χ0v) is 20.2. The van der Waals surface area contributed by atoms with Crippen LogP contribution in [-0.4, -0.2) is 34.8 Å². The summed E-state index contributed by atoms with van der Waals surface area (Å²) < 4.78 is 12.1. The van der Waals surface area contributed by atoms with Gasteiger partial charge in [-0.1, -0.05) is 37.0 Å². The topological polar surface area (TPSA) is 55.8 Å². The second-order valence-electron chi connectivity index (χ2n) is 9.83. The summed E-state index contributed by atoms with van der Waals surface area (Å²) in [6.07, 6.45) is 9.45. The minimum Gasteiger partial charge on any atom is -0.493 e. The van der Waals surface area contributed by atoms with Gasteiger partial charge in [0.25, 0.3) is 5.91 Å². The highest BCUT2D eigenvalue weighted by atomic mass is 32.2. The molecule has 1 aromatic rings. The van der Waals surface area contributed by atoms with Gasteiger partial charge in [0.2, 0.25) is 0 Å². The molecular formula is C25H29NO4S2. The number of thioether (sulfide) groups is 1. The molecule has 4 aliphatic carbocycles. The summed E-state index contributed by atoms with van der Waals surface area (Å²) in [7, 11) is 1.57. The molecule has 1 aromatic carbocycles. The first-order valence-electron chi connectivity index (χ1n) is 11.6. The van der Waals surface area contributed by atoms with Crippen LogP contribution in [0.3, 0.4) is 0 Å². The van der Waals surface area contributed by atoms with Crippen LogP contribution in [0.5, 0.6) is 11.5 Å². The Bertz CT molecular complexity index is 966. The number of nitrogens with zero attached hydrogens (tertiary/aromatic N) is 1. The fraction of sp³-hybridized carbons (Fsp3) is 0.560. The van der Waals surface area contributed by atoms with E-state index >= 15 is 0 Å². The van der Waals surface area contributed by atoms with Crippen molar-refractivity contribution in [3.63, 3.8) is 0 Å². The highest BCUT2D eigenvalue weighted by Crippen LogP contribution is 2.60. The van der Waals surface area contributed by atoms with Crippen molar-refractivity contribution >= 4 is 46.3 Å². The standard InChI is InChI=1S/C25H29NO4S2/c1-3-6-26-22(27)21(32-24(26)31)11-15-4-5-19(20(10-15)29-2)30-23(28)25-12-16-7-17(13-25)9-18(8-16)14-25/h4-5,10-11,16-18H,3,6-9,12-14H2,1-2H3/b21-11+. The predicted molar refractivity (Wildman–Crippen MR) is 129 cm³/mol. The Morgan fingerprint density at radius 2 is 1.84 bits per heavy atom. The lowest BCUT2D eigenvalue weighted by Crippen LogP contribution is -2.51. The molecule has 1 heterocycles. The molecule has 6 rings (SSSR count). The van der Waals surface area contributed by atoms with Crippen LogP contribution in [0.4, 0.5) is 0 Å². The Kier molecular flexibility index (Phi) is 5.82. The first-order chi connectivity index (χ1) is 15.4. The Morgan fingerprint density at radius 3 is 2.44 bits per heavy atom. The summed E-state index contributed by atoms with van der Waals surface area (Å²) >= 11 is 6.67. The van der Waals surface area contributed by atoms with E-state index in [0.717, 1.165) is 31.2 Å². The predicted octanol–water partition coefficient (Wildman–Crippen LogP) is 5.43. The van der Waals surface area contributed by atoms with Crippen LogP contribution >= 0.6 is 24.0 Å². The molecule has 1 saturated heterocycles. The number of esters is 1. The number of hydrogen-bond donors (Lipinski definition) is 0. The monoisotopic (exact) mass is 471 g/mol. The van der Waals surface area contributed by atoms with Crippen molar-refractivity contribution in [2.24, 2.45) is 23.2 Å². The Morgan fingerprint density at radius 1 is 1.19 bits per heavy atom. The molecule has 5 aliphatic rings. The number of carbonyl (C=O) groups is 2. The van der Waals surface area contributed by atoms with Gasteiger partial charge < -0.3 is 9.47 Å². The summed E-state index contributed by atoms with van der Waals surface area (Å²) in [5, 5.41) is 0. The van der Waals surface area contributed by atoms with Crippen LogP contribution in [0, 0.1) is 23.2 Å². The molecule has 1 amide bonds. The van der Waals surface area contributed by atoms with Crippen LogP contribution in [0.25, 0.3) is 6.08 Å². The highest BCUT2D eigenvalue weighted by molar-refractivity contribution is 8.26. The molecule has 4 bridgehead atoms. The number of amides is 1. The van der Waals surface area contributed by atoms with Gasteiger partial charge >= 0.3 is 5.97 Å². The Labute approximate surface area is 198 Å². The molecule has 7 heteroatoms. The Hall–Kier alpha value is -1.86. The van der Waals surface area contributed by atoms with Gasteiger partial charge in [-0.05, 0) is 86.5 Å². The van der Waals surface area contributed by atoms with Crippen molar-refractivity contribution in [3.8, 4) is 11.5 Å². The number of benzene rings is 1. The average molecular weight is 472 g/mol. The van der Waals surface area contributed by atoms with E-state index in [9.17, 15) is 9.59 Å². The van der Waals surface area contributed by atoms with Gasteiger partial charge in [-0.2, -0.15) is 0 Å². The van der Waals surface area contributed by atoms with Crippen molar-refractivity contribution < 1.29 is 19.1 Å². The molecule has 0 aromatic heterocycles. The molecule has 32 heavy (non-hydrogen) atoms. The molecule has 4 saturated carbocycles. The number of carbonyl (C=O) groups excluding carboxylic acids is 2. The van der Waals surface area contributed by atoms with Crippen molar-refractivity contribution in [3.05, 3.63) is 28.7 Å². The summed E-state index contributed by atoms with van der Waals surface area (Å²) in [5.41, 5.74) is 0.500. The van der Waals surface area contributed by atoms with Crippen LogP contribution in [0.2, 0.25) is 0 Å². The van der Waals surface area contributed by atoms with E-state index in [1.54, 1.807) is 18.1 Å². The SMILES string of the molecule is CCCN1C(=O)/C(=C\c2ccc(OC(=O)C34CC5CC(CC(C5)C3)C4)c(OC)c2)SC1=S.